The Labute approximate surface area is 186 Å². The van der Waals surface area contributed by atoms with Crippen LogP contribution in [0.15, 0.2) is 48.7 Å². The fourth-order valence-electron chi connectivity index (χ4n) is 3.79. The zero-order valence-electron chi connectivity index (χ0n) is 18.0. The smallest absolute Gasteiger partial charge is 0.259 e. The van der Waals surface area contributed by atoms with Gasteiger partial charge in [-0.15, -0.1) is 0 Å². The van der Waals surface area contributed by atoms with Crippen LogP contribution >= 0.6 is 0 Å². The van der Waals surface area contributed by atoms with E-state index in [0.29, 0.717) is 28.7 Å². The first kappa shape index (κ1) is 20.1. The highest BCUT2D eigenvalue weighted by atomic mass is 16.5. The van der Waals surface area contributed by atoms with Crippen LogP contribution in [-0.2, 0) is 0 Å². The topological polar surface area (TPSA) is 91.8 Å². The molecule has 0 unspecified atom stereocenters. The van der Waals surface area contributed by atoms with Crippen molar-refractivity contribution in [2.24, 2.45) is 0 Å². The lowest BCUT2D eigenvalue weighted by Crippen LogP contribution is -2.44. The Hall–Kier alpha value is -3.85. The predicted octanol–water partition coefficient (Wildman–Crippen LogP) is 3.34. The molecule has 5 rings (SSSR count). The van der Waals surface area contributed by atoms with Gasteiger partial charge in [-0.25, -0.2) is 4.98 Å². The molecule has 2 aliphatic heterocycles. The maximum atomic E-state index is 12.4. The molecule has 2 aromatic carbocycles. The number of carbonyl (C=O) groups is 1. The zero-order chi connectivity index (χ0) is 22.1. The number of para-hydroxylation sites is 1. The molecule has 0 spiro atoms. The number of rotatable bonds is 4. The monoisotopic (exact) mass is 432 g/mol. The minimum atomic E-state index is -0.259. The van der Waals surface area contributed by atoms with Gasteiger partial charge >= 0.3 is 0 Å². The van der Waals surface area contributed by atoms with Crippen LogP contribution in [0.4, 0.5) is 23.0 Å². The summed E-state index contributed by atoms with van der Waals surface area (Å²) in [6, 6.07) is 13.1. The van der Waals surface area contributed by atoms with Crippen molar-refractivity contribution in [1.82, 2.24) is 14.9 Å². The van der Waals surface area contributed by atoms with Crippen molar-refractivity contribution < 1.29 is 14.3 Å². The number of hydrogen-bond donors (Lipinski definition) is 2. The van der Waals surface area contributed by atoms with E-state index in [1.807, 2.05) is 18.2 Å². The summed E-state index contributed by atoms with van der Waals surface area (Å²) in [5.74, 6) is 1.49. The molecular formula is C23H24N6O3. The summed E-state index contributed by atoms with van der Waals surface area (Å²) in [4.78, 5) is 25.9. The van der Waals surface area contributed by atoms with Gasteiger partial charge in [-0.05, 0) is 31.3 Å². The van der Waals surface area contributed by atoms with E-state index in [1.54, 1.807) is 25.3 Å². The van der Waals surface area contributed by atoms with Crippen LogP contribution in [0.5, 0.6) is 17.4 Å². The lowest BCUT2D eigenvalue weighted by Gasteiger charge is -2.34. The van der Waals surface area contributed by atoms with Crippen LogP contribution in [-0.4, -0.2) is 61.1 Å². The molecule has 9 nitrogen and oxygen atoms in total. The first-order valence-corrected chi connectivity index (χ1v) is 10.4. The number of nitrogens with one attached hydrogen (secondary N) is 2. The minimum Gasteiger partial charge on any atom is -0.494 e. The summed E-state index contributed by atoms with van der Waals surface area (Å²) >= 11 is 0. The summed E-state index contributed by atoms with van der Waals surface area (Å²) in [6.45, 7) is 4.02. The molecule has 3 aromatic rings. The van der Waals surface area contributed by atoms with Gasteiger partial charge < -0.3 is 29.9 Å². The number of ether oxygens (including phenoxy) is 2. The normalized spacial score (nSPS) is 15.7. The van der Waals surface area contributed by atoms with E-state index in [0.717, 1.165) is 37.6 Å². The minimum absolute atomic E-state index is 0.259. The first-order chi connectivity index (χ1) is 15.6. The standard InChI is InChI=1S/C23H24N6O3/c1-28-9-11-29(12-10-28)15-7-8-17(20(13-15)31-2)26-23-24-14-18-22(27-23)32-19-6-4-3-5-16(19)21(30)25-18/h3-8,13-14H,9-12H2,1-2H3,(H,25,30)(H,24,26,27). The van der Waals surface area contributed by atoms with E-state index in [2.05, 4.69) is 43.5 Å². The van der Waals surface area contributed by atoms with Crippen LogP contribution < -0.4 is 25.0 Å². The van der Waals surface area contributed by atoms with E-state index in [1.165, 1.54) is 6.20 Å². The molecule has 32 heavy (non-hydrogen) atoms. The van der Waals surface area contributed by atoms with Crippen molar-refractivity contribution in [3.8, 4) is 17.4 Å². The third-order valence-electron chi connectivity index (χ3n) is 5.64. The highest BCUT2D eigenvalue weighted by Gasteiger charge is 2.22. The number of nitrogens with zero attached hydrogens (tertiary/aromatic N) is 4. The Balaban J connectivity index is 1.39. The van der Waals surface area contributed by atoms with Crippen molar-refractivity contribution in [1.29, 1.82) is 0 Å². The number of fused-ring (bicyclic) bond motifs is 2. The maximum absolute atomic E-state index is 12.4. The zero-order valence-corrected chi connectivity index (χ0v) is 18.0. The lowest BCUT2D eigenvalue weighted by molar-refractivity contribution is 0.102. The second-order valence-electron chi connectivity index (χ2n) is 7.76. The lowest BCUT2D eigenvalue weighted by atomic mass is 10.2. The molecule has 9 heteroatoms. The summed E-state index contributed by atoms with van der Waals surface area (Å²) in [5, 5.41) is 5.99. The predicted molar refractivity (Wildman–Crippen MR) is 122 cm³/mol. The fourth-order valence-corrected chi connectivity index (χ4v) is 3.79. The average molecular weight is 432 g/mol. The molecule has 164 valence electrons. The highest BCUT2D eigenvalue weighted by molar-refractivity contribution is 6.07. The Morgan fingerprint density at radius 1 is 1.12 bits per heavy atom. The van der Waals surface area contributed by atoms with Gasteiger partial charge in [-0.3, -0.25) is 4.79 Å². The molecule has 1 aromatic heterocycles. The number of amides is 1. The van der Waals surface area contributed by atoms with E-state index < -0.39 is 0 Å². The highest BCUT2D eigenvalue weighted by Crippen LogP contribution is 2.36. The van der Waals surface area contributed by atoms with Gasteiger partial charge in [0.2, 0.25) is 11.8 Å². The number of methoxy groups -OCH3 is 1. The number of aromatic nitrogens is 2. The van der Waals surface area contributed by atoms with Crippen LogP contribution in [0, 0.1) is 0 Å². The van der Waals surface area contributed by atoms with E-state index in [9.17, 15) is 4.79 Å². The summed E-state index contributed by atoms with van der Waals surface area (Å²) < 4.78 is 11.5. The van der Waals surface area contributed by atoms with Gasteiger partial charge in [0.25, 0.3) is 5.91 Å². The van der Waals surface area contributed by atoms with Crippen molar-refractivity contribution in [3.63, 3.8) is 0 Å². The van der Waals surface area contributed by atoms with Crippen molar-refractivity contribution >= 4 is 28.9 Å². The number of piperazine rings is 1. The van der Waals surface area contributed by atoms with Gasteiger partial charge in [-0.2, -0.15) is 4.98 Å². The Kier molecular flexibility index (Phi) is 5.24. The molecule has 2 N–H and O–H groups in total. The molecule has 0 bridgehead atoms. The number of likely N-dealkylation sites (N-methyl/N-ethyl adjacent to an activating group) is 1. The number of benzene rings is 2. The average Bonchev–Trinajstić information content (AvgIpc) is 2.95. The van der Waals surface area contributed by atoms with Crippen LogP contribution in [0.3, 0.4) is 0 Å². The third kappa shape index (κ3) is 3.90. The van der Waals surface area contributed by atoms with Crippen LogP contribution in [0.25, 0.3) is 0 Å². The van der Waals surface area contributed by atoms with Crippen molar-refractivity contribution in [3.05, 3.63) is 54.2 Å². The summed E-state index contributed by atoms with van der Waals surface area (Å²) in [5.41, 5.74) is 2.71. The molecule has 0 radical (unpaired) electrons. The Morgan fingerprint density at radius 2 is 1.94 bits per heavy atom. The second-order valence-corrected chi connectivity index (χ2v) is 7.76. The quantitative estimate of drug-likeness (QED) is 0.649. The third-order valence-corrected chi connectivity index (χ3v) is 5.64. The van der Waals surface area contributed by atoms with E-state index >= 15 is 0 Å². The maximum Gasteiger partial charge on any atom is 0.259 e. The molecular weight excluding hydrogens is 408 g/mol. The number of carbonyl (C=O) groups excluding carboxylic acids is 1. The first-order valence-electron chi connectivity index (χ1n) is 10.4. The van der Waals surface area contributed by atoms with Gasteiger partial charge in [0.15, 0.2) is 0 Å². The summed E-state index contributed by atoms with van der Waals surface area (Å²) in [7, 11) is 3.78. The van der Waals surface area contributed by atoms with Crippen molar-refractivity contribution in [2.45, 2.75) is 0 Å². The largest absolute Gasteiger partial charge is 0.494 e. The van der Waals surface area contributed by atoms with Gasteiger partial charge in [-0.1, -0.05) is 12.1 Å². The molecule has 0 atom stereocenters. The Morgan fingerprint density at radius 3 is 2.75 bits per heavy atom. The molecule has 1 fully saturated rings. The molecule has 1 amide bonds. The Bertz CT molecular complexity index is 1160. The SMILES string of the molecule is COc1cc(N2CCN(C)CC2)ccc1Nc1ncc2c(n1)Oc1ccccc1C(=O)N2. The molecule has 0 saturated carbocycles. The second kappa shape index (κ2) is 8.35. The van der Waals surface area contributed by atoms with Gasteiger partial charge in [0, 0.05) is 37.9 Å². The van der Waals surface area contributed by atoms with Crippen LogP contribution in [0.1, 0.15) is 10.4 Å². The number of hydrogen-bond acceptors (Lipinski definition) is 8. The van der Waals surface area contributed by atoms with E-state index in [4.69, 9.17) is 9.47 Å². The summed E-state index contributed by atoms with van der Waals surface area (Å²) in [6.07, 6.45) is 1.53. The van der Waals surface area contributed by atoms with E-state index in [-0.39, 0.29) is 11.8 Å². The number of anilines is 4. The van der Waals surface area contributed by atoms with Crippen LogP contribution in [0.2, 0.25) is 0 Å². The molecule has 1 saturated heterocycles. The van der Waals surface area contributed by atoms with Gasteiger partial charge in [0.1, 0.15) is 17.2 Å². The molecule has 3 heterocycles. The molecule has 0 aliphatic carbocycles. The van der Waals surface area contributed by atoms with Crippen molar-refractivity contribution in [2.75, 3.05) is 55.9 Å². The fraction of sp³-hybridized carbons (Fsp3) is 0.261. The molecule has 2 aliphatic rings. The van der Waals surface area contributed by atoms with Gasteiger partial charge in [0.05, 0.1) is 24.6 Å².